The molecule has 0 aromatic heterocycles. The lowest BCUT2D eigenvalue weighted by molar-refractivity contribution is -0.135. The van der Waals surface area contributed by atoms with Crippen molar-refractivity contribution in [3.05, 3.63) is 30.3 Å². The first-order valence-corrected chi connectivity index (χ1v) is 10.1. The minimum absolute atomic E-state index is 0.0799. The number of rotatable bonds is 4. The van der Waals surface area contributed by atoms with Gasteiger partial charge in [-0.15, -0.1) is 0 Å². The van der Waals surface area contributed by atoms with Crippen molar-refractivity contribution in [2.24, 2.45) is 11.7 Å². The molecule has 2 aliphatic heterocycles. The fourth-order valence-corrected chi connectivity index (χ4v) is 4.82. The highest BCUT2D eigenvalue weighted by Crippen LogP contribution is 2.21. The van der Waals surface area contributed by atoms with Gasteiger partial charge < -0.3 is 15.4 Å². The second-order valence-corrected chi connectivity index (χ2v) is 8.46. The number of sulfonamides is 1. The lowest BCUT2D eigenvalue weighted by Gasteiger charge is -2.37. The summed E-state index contributed by atoms with van der Waals surface area (Å²) in [6.07, 6.45) is 1.60. The molecular formula is C17H25N3O4S. The van der Waals surface area contributed by atoms with E-state index in [9.17, 15) is 13.2 Å². The van der Waals surface area contributed by atoms with E-state index >= 15 is 0 Å². The summed E-state index contributed by atoms with van der Waals surface area (Å²) in [5.74, 6) is 0.0657. The third-order valence-corrected chi connectivity index (χ3v) is 6.90. The highest BCUT2D eigenvalue weighted by molar-refractivity contribution is 7.89. The third-order valence-electron chi connectivity index (χ3n) is 4.99. The van der Waals surface area contributed by atoms with Crippen LogP contribution in [0.4, 0.5) is 0 Å². The largest absolute Gasteiger partial charge is 0.381 e. The molecule has 2 aliphatic rings. The maximum Gasteiger partial charge on any atom is 0.243 e. The number of amides is 1. The molecule has 1 amide bonds. The Balaban J connectivity index is 1.59. The van der Waals surface area contributed by atoms with Crippen LogP contribution in [0.3, 0.4) is 0 Å². The molecule has 8 heteroatoms. The van der Waals surface area contributed by atoms with Crippen LogP contribution in [0.1, 0.15) is 12.8 Å². The lowest BCUT2D eigenvalue weighted by Crippen LogP contribution is -2.56. The Morgan fingerprint density at radius 2 is 1.68 bits per heavy atom. The molecule has 2 N–H and O–H groups in total. The minimum atomic E-state index is -3.50. The van der Waals surface area contributed by atoms with Crippen molar-refractivity contribution >= 4 is 15.9 Å². The molecule has 138 valence electrons. The molecule has 3 rings (SSSR count). The Morgan fingerprint density at radius 1 is 1.08 bits per heavy atom. The van der Waals surface area contributed by atoms with Crippen molar-refractivity contribution in [2.75, 3.05) is 39.4 Å². The summed E-state index contributed by atoms with van der Waals surface area (Å²) in [6.45, 7) is 2.64. The molecule has 0 radical (unpaired) electrons. The summed E-state index contributed by atoms with van der Waals surface area (Å²) in [4.78, 5) is 14.6. The highest BCUT2D eigenvalue weighted by Gasteiger charge is 2.34. The van der Waals surface area contributed by atoms with Crippen LogP contribution >= 0.6 is 0 Å². The van der Waals surface area contributed by atoms with Gasteiger partial charge in [0, 0.05) is 39.4 Å². The predicted octanol–water partition coefficient (Wildman–Crippen LogP) is 0.273. The molecule has 0 bridgehead atoms. The number of benzene rings is 1. The van der Waals surface area contributed by atoms with Gasteiger partial charge in [-0.25, -0.2) is 8.42 Å². The monoisotopic (exact) mass is 367 g/mol. The molecule has 7 nitrogen and oxygen atoms in total. The van der Waals surface area contributed by atoms with E-state index in [2.05, 4.69) is 0 Å². The smallest absolute Gasteiger partial charge is 0.243 e. The van der Waals surface area contributed by atoms with Gasteiger partial charge in [0.1, 0.15) is 0 Å². The fourth-order valence-electron chi connectivity index (χ4n) is 3.38. The summed E-state index contributed by atoms with van der Waals surface area (Å²) in [5.41, 5.74) is 6.16. The first kappa shape index (κ1) is 18.3. The Bertz CT molecular complexity index is 681. The van der Waals surface area contributed by atoms with Gasteiger partial charge in [-0.1, -0.05) is 18.2 Å². The zero-order chi connectivity index (χ0) is 17.9. The molecule has 1 aromatic carbocycles. The number of ether oxygens (including phenoxy) is 1. The zero-order valence-electron chi connectivity index (χ0n) is 14.2. The second-order valence-electron chi connectivity index (χ2n) is 6.52. The number of carbonyl (C=O) groups is 1. The Hall–Kier alpha value is -1.48. The molecule has 1 unspecified atom stereocenters. The van der Waals surface area contributed by atoms with Crippen LogP contribution in [-0.4, -0.2) is 69.0 Å². The van der Waals surface area contributed by atoms with Gasteiger partial charge in [-0.05, 0) is 30.9 Å². The fraction of sp³-hybridized carbons (Fsp3) is 0.588. The normalized spacial score (nSPS) is 21.9. The number of hydrogen-bond donors (Lipinski definition) is 1. The number of hydrogen-bond acceptors (Lipinski definition) is 5. The third kappa shape index (κ3) is 4.03. The number of carbonyl (C=O) groups excluding carboxylic acids is 1. The van der Waals surface area contributed by atoms with Crippen molar-refractivity contribution < 1.29 is 17.9 Å². The Morgan fingerprint density at radius 3 is 2.28 bits per heavy atom. The van der Waals surface area contributed by atoms with E-state index in [1.54, 1.807) is 35.2 Å². The molecule has 1 aromatic rings. The summed E-state index contributed by atoms with van der Waals surface area (Å²) >= 11 is 0. The van der Waals surface area contributed by atoms with Gasteiger partial charge in [0.05, 0.1) is 10.9 Å². The van der Waals surface area contributed by atoms with E-state index in [1.807, 2.05) is 0 Å². The first-order valence-electron chi connectivity index (χ1n) is 8.67. The van der Waals surface area contributed by atoms with Crippen LogP contribution in [0.5, 0.6) is 0 Å². The Labute approximate surface area is 148 Å². The maximum atomic E-state index is 12.6. The van der Waals surface area contributed by atoms with E-state index < -0.39 is 16.1 Å². The molecule has 1 atom stereocenters. The van der Waals surface area contributed by atoms with Gasteiger partial charge in [0.2, 0.25) is 15.9 Å². The number of piperazine rings is 1. The van der Waals surface area contributed by atoms with E-state index in [0.29, 0.717) is 39.4 Å². The summed E-state index contributed by atoms with van der Waals surface area (Å²) in [7, 11) is -3.50. The van der Waals surface area contributed by atoms with Crippen LogP contribution in [0.2, 0.25) is 0 Å². The molecule has 2 saturated heterocycles. The molecule has 0 saturated carbocycles. The van der Waals surface area contributed by atoms with Gasteiger partial charge in [0.25, 0.3) is 0 Å². The van der Waals surface area contributed by atoms with Crippen LogP contribution in [-0.2, 0) is 19.6 Å². The van der Waals surface area contributed by atoms with E-state index in [4.69, 9.17) is 10.5 Å². The van der Waals surface area contributed by atoms with Crippen LogP contribution in [0.15, 0.2) is 35.2 Å². The summed E-state index contributed by atoms with van der Waals surface area (Å²) in [6, 6.07) is 7.86. The van der Waals surface area contributed by atoms with Crippen LogP contribution < -0.4 is 5.73 Å². The maximum absolute atomic E-state index is 12.6. The average molecular weight is 367 g/mol. The topological polar surface area (TPSA) is 92.9 Å². The van der Waals surface area contributed by atoms with Crippen LogP contribution in [0, 0.1) is 5.92 Å². The van der Waals surface area contributed by atoms with Gasteiger partial charge >= 0.3 is 0 Å². The van der Waals surface area contributed by atoms with Crippen molar-refractivity contribution in [3.63, 3.8) is 0 Å². The molecule has 0 aliphatic carbocycles. The standard InChI is InChI=1S/C17H25N3O4S/c18-16(14-6-12-24-13-7-14)17(21)19-8-10-20(11-9-19)25(22,23)15-4-2-1-3-5-15/h1-5,14,16H,6-13,18H2. The quantitative estimate of drug-likeness (QED) is 0.825. The average Bonchev–Trinajstić information content (AvgIpc) is 2.68. The van der Waals surface area contributed by atoms with E-state index in [1.165, 1.54) is 4.31 Å². The van der Waals surface area contributed by atoms with Gasteiger partial charge in [-0.3, -0.25) is 4.79 Å². The second kappa shape index (κ2) is 7.82. The predicted molar refractivity (Wildman–Crippen MR) is 93.3 cm³/mol. The van der Waals surface area contributed by atoms with Crippen molar-refractivity contribution in [1.29, 1.82) is 0 Å². The lowest BCUT2D eigenvalue weighted by atomic mass is 9.91. The molecule has 2 fully saturated rings. The summed E-state index contributed by atoms with van der Waals surface area (Å²) < 4.78 is 32.0. The minimum Gasteiger partial charge on any atom is -0.381 e. The van der Waals surface area contributed by atoms with Crippen molar-refractivity contribution in [1.82, 2.24) is 9.21 Å². The zero-order valence-corrected chi connectivity index (χ0v) is 15.0. The van der Waals surface area contributed by atoms with E-state index in [-0.39, 0.29) is 16.7 Å². The van der Waals surface area contributed by atoms with Crippen LogP contribution in [0.25, 0.3) is 0 Å². The van der Waals surface area contributed by atoms with Crippen molar-refractivity contribution in [3.8, 4) is 0 Å². The van der Waals surface area contributed by atoms with E-state index in [0.717, 1.165) is 12.8 Å². The molecule has 25 heavy (non-hydrogen) atoms. The van der Waals surface area contributed by atoms with Crippen molar-refractivity contribution in [2.45, 2.75) is 23.8 Å². The molecular weight excluding hydrogens is 342 g/mol. The first-order chi connectivity index (χ1) is 12.0. The number of nitrogens with zero attached hydrogens (tertiary/aromatic N) is 2. The molecule has 0 spiro atoms. The molecule has 2 heterocycles. The SMILES string of the molecule is NC(C(=O)N1CCN(S(=O)(=O)c2ccccc2)CC1)C1CCOCC1. The summed E-state index contributed by atoms with van der Waals surface area (Å²) in [5, 5.41) is 0. The van der Waals surface area contributed by atoms with Gasteiger partial charge in [-0.2, -0.15) is 4.31 Å². The van der Waals surface area contributed by atoms with Gasteiger partial charge in [0.15, 0.2) is 0 Å². The Kier molecular flexibility index (Phi) is 5.73. The highest BCUT2D eigenvalue weighted by atomic mass is 32.2. The number of nitrogens with two attached hydrogens (primary N) is 1.